The van der Waals surface area contributed by atoms with Crippen LogP contribution in [0.25, 0.3) is 10.2 Å². The van der Waals surface area contributed by atoms with Gasteiger partial charge in [-0.15, -0.1) is 11.3 Å². The molecular formula is C22H26N4O4S2. The van der Waals surface area contributed by atoms with E-state index in [1.54, 1.807) is 22.0 Å². The van der Waals surface area contributed by atoms with Gasteiger partial charge in [0.25, 0.3) is 5.56 Å². The molecule has 3 heterocycles. The third kappa shape index (κ3) is 4.91. The summed E-state index contributed by atoms with van der Waals surface area (Å²) in [6.07, 6.45) is 8.54. The number of hydrogen-bond acceptors (Lipinski definition) is 7. The number of nitrogens with one attached hydrogen (secondary N) is 2. The van der Waals surface area contributed by atoms with Gasteiger partial charge in [-0.25, -0.2) is 4.98 Å². The van der Waals surface area contributed by atoms with Gasteiger partial charge in [0.15, 0.2) is 10.9 Å². The number of unbranched alkanes of at least 4 members (excludes halogenated alkanes) is 2. The maximum atomic E-state index is 13.4. The Morgan fingerprint density at radius 3 is 2.88 bits per heavy atom. The second kappa shape index (κ2) is 10.4. The monoisotopic (exact) mass is 474 g/mol. The highest BCUT2D eigenvalue weighted by Gasteiger charge is 2.22. The van der Waals surface area contributed by atoms with Gasteiger partial charge in [-0.05, 0) is 49.8 Å². The lowest BCUT2D eigenvalue weighted by atomic mass is 9.97. The van der Waals surface area contributed by atoms with Crippen LogP contribution in [0.5, 0.6) is 0 Å². The van der Waals surface area contributed by atoms with E-state index in [1.807, 2.05) is 0 Å². The van der Waals surface area contributed by atoms with E-state index < -0.39 is 11.8 Å². The highest BCUT2D eigenvalue weighted by atomic mass is 32.2. The minimum absolute atomic E-state index is 0.000432. The van der Waals surface area contributed by atoms with Crippen LogP contribution >= 0.6 is 23.1 Å². The third-order valence-corrected chi connectivity index (χ3v) is 7.58. The molecule has 32 heavy (non-hydrogen) atoms. The van der Waals surface area contributed by atoms with Crippen molar-refractivity contribution in [2.75, 3.05) is 5.75 Å². The number of hydrogen-bond donors (Lipinski definition) is 2. The van der Waals surface area contributed by atoms with Crippen molar-refractivity contribution >= 4 is 45.1 Å². The van der Waals surface area contributed by atoms with E-state index in [0.717, 1.165) is 55.2 Å². The zero-order chi connectivity index (χ0) is 22.5. The molecule has 3 aromatic rings. The van der Waals surface area contributed by atoms with Crippen LogP contribution < -0.4 is 16.4 Å². The highest BCUT2D eigenvalue weighted by molar-refractivity contribution is 7.99. The summed E-state index contributed by atoms with van der Waals surface area (Å²) in [7, 11) is 0. The van der Waals surface area contributed by atoms with Gasteiger partial charge in [0.05, 0.1) is 17.4 Å². The molecule has 0 atom stereocenters. The molecule has 0 unspecified atom stereocenters. The standard InChI is InChI=1S/C22H26N4O4S2/c1-2-3-6-11-26-21(29)18-14-8-4-5-10-16(14)32-20(18)23-22(26)31-13-17(27)24-25-19(28)15-9-7-12-30-15/h7,9,12H,2-6,8,10-11,13H2,1H3,(H,24,27)(H,25,28). The Morgan fingerprint density at radius 1 is 1.25 bits per heavy atom. The summed E-state index contributed by atoms with van der Waals surface area (Å²) in [5.41, 5.74) is 5.87. The molecule has 0 saturated carbocycles. The van der Waals surface area contributed by atoms with E-state index in [1.165, 1.54) is 34.5 Å². The van der Waals surface area contributed by atoms with Gasteiger partial charge in [0, 0.05) is 11.4 Å². The fourth-order valence-corrected chi connectivity index (χ4v) is 5.94. The number of aryl methyl sites for hydroxylation is 2. The van der Waals surface area contributed by atoms with Crippen molar-refractivity contribution in [1.82, 2.24) is 20.4 Å². The van der Waals surface area contributed by atoms with Crippen molar-refractivity contribution in [1.29, 1.82) is 0 Å². The Balaban J connectivity index is 1.51. The Hall–Kier alpha value is -2.59. The van der Waals surface area contributed by atoms with Crippen LogP contribution in [0.15, 0.2) is 32.8 Å². The first kappa shape index (κ1) is 22.6. The zero-order valence-corrected chi connectivity index (χ0v) is 19.6. The fraction of sp³-hybridized carbons (Fsp3) is 0.455. The van der Waals surface area contributed by atoms with Crippen LogP contribution in [0.2, 0.25) is 0 Å². The Labute approximate surface area is 193 Å². The molecular weight excluding hydrogens is 448 g/mol. The SMILES string of the molecule is CCCCCn1c(SCC(=O)NNC(=O)c2ccco2)nc2sc3c(c2c1=O)CCCC3. The van der Waals surface area contributed by atoms with E-state index in [0.29, 0.717) is 11.7 Å². The van der Waals surface area contributed by atoms with Crippen molar-refractivity contribution in [3.8, 4) is 0 Å². The van der Waals surface area contributed by atoms with Crippen LogP contribution in [-0.2, 0) is 24.2 Å². The predicted octanol–water partition coefficient (Wildman–Crippen LogP) is 3.67. The second-order valence-corrected chi connectivity index (χ2v) is 9.74. The Bertz CT molecular complexity index is 1170. The minimum atomic E-state index is -0.534. The van der Waals surface area contributed by atoms with Gasteiger partial charge in [-0.2, -0.15) is 0 Å². The molecule has 1 aliphatic rings. The lowest BCUT2D eigenvalue weighted by Gasteiger charge is -2.13. The smallest absolute Gasteiger partial charge is 0.305 e. The highest BCUT2D eigenvalue weighted by Crippen LogP contribution is 2.34. The fourth-order valence-electron chi connectivity index (χ4n) is 3.81. The number of aromatic nitrogens is 2. The molecule has 170 valence electrons. The maximum absolute atomic E-state index is 13.4. The van der Waals surface area contributed by atoms with Crippen LogP contribution in [0.1, 0.15) is 60.0 Å². The summed E-state index contributed by atoms with van der Waals surface area (Å²) in [6, 6.07) is 3.10. The molecule has 0 bridgehead atoms. The molecule has 4 rings (SSSR count). The molecule has 0 aromatic carbocycles. The molecule has 3 aromatic heterocycles. The van der Waals surface area contributed by atoms with E-state index in [-0.39, 0.29) is 17.1 Å². The first-order valence-corrected chi connectivity index (χ1v) is 12.7. The van der Waals surface area contributed by atoms with E-state index in [2.05, 4.69) is 17.8 Å². The summed E-state index contributed by atoms with van der Waals surface area (Å²) in [5.74, 6) is -0.797. The Morgan fingerprint density at radius 2 is 2.09 bits per heavy atom. The second-order valence-electron chi connectivity index (χ2n) is 7.72. The van der Waals surface area contributed by atoms with Crippen LogP contribution in [0.3, 0.4) is 0 Å². The first-order valence-electron chi connectivity index (χ1n) is 10.9. The molecule has 2 N–H and O–H groups in total. The largest absolute Gasteiger partial charge is 0.459 e. The van der Waals surface area contributed by atoms with Gasteiger partial charge >= 0.3 is 5.91 Å². The van der Waals surface area contributed by atoms with E-state index >= 15 is 0 Å². The number of rotatable bonds is 8. The number of hydrazine groups is 1. The van der Waals surface area contributed by atoms with Gasteiger partial charge in [-0.3, -0.25) is 29.8 Å². The normalized spacial score (nSPS) is 13.2. The molecule has 10 heteroatoms. The van der Waals surface area contributed by atoms with Crippen molar-refractivity contribution in [2.45, 2.75) is 63.6 Å². The maximum Gasteiger partial charge on any atom is 0.305 e. The van der Waals surface area contributed by atoms with Crippen molar-refractivity contribution in [3.05, 3.63) is 45.0 Å². The van der Waals surface area contributed by atoms with Crippen LogP contribution in [0, 0.1) is 0 Å². The van der Waals surface area contributed by atoms with Crippen LogP contribution in [0.4, 0.5) is 0 Å². The number of carbonyl (C=O) groups excluding carboxylic acids is 2. The number of amides is 2. The number of carbonyl (C=O) groups is 2. The molecule has 0 radical (unpaired) electrons. The van der Waals surface area contributed by atoms with Crippen molar-refractivity contribution in [2.24, 2.45) is 0 Å². The molecule has 1 aliphatic carbocycles. The van der Waals surface area contributed by atoms with Gasteiger partial charge in [0.2, 0.25) is 5.91 Å². The van der Waals surface area contributed by atoms with Gasteiger partial charge in [0.1, 0.15) is 4.83 Å². The molecule has 0 spiro atoms. The van der Waals surface area contributed by atoms with Crippen molar-refractivity contribution in [3.63, 3.8) is 0 Å². The molecule has 0 fully saturated rings. The minimum Gasteiger partial charge on any atom is -0.459 e. The number of thiophene rings is 1. The van der Waals surface area contributed by atoms with E-state index in [4.69, 9.17) is 9.40 Å². The zero-order valence-electron chi connectivity index (χ0n) is 17.9. The number of nitrogens with zero attached hydrogens (tertiary/aromatic N) is 2. The molecule has 2 amide bonds. The van der Waals surface area contributed by atoms with Gasteiger partial charge < -0.3 is 4.42 Å². The average molecular weight is 475 g/mol. The van der Waals surface area contributed by atoms with Crippen LogP contribution in [-0.4, -0.2) is 27.1 Å². The summed E-state index contributed by atoms with van der Waals surface area (Å²) in [4.78, 5) is 44.4. The molecule has 8 nitrogen and oxygen atoms in total. The summed E-state index contributed by atoms with van der Waals surface area (Å²) >= 11 is 2.82. The number of furan rings is 1. The summed E-state index contributed by atoms with van der Waals surface area (Å²) < 4.78 is 6.71. The first-order chi connectivity index (χ1) is 15.6. The molecule has 0 saturated heterocycles. The predicted molar refractivity (Wildman–Crippen MR) is 125 cm³/mol. The molecule has 0 aliphatic heterocycles. The van der Waals surface area contributed by atoms with E-state index in [9.17, 15) is 14.4 Å². The van der Waals surface area contributed by atoms with Gasteiger partial charge in [-0.1, -0.05) is 31.5 Å². The number of fused-ring (bicyclic) bond motifs is 3. The Kier molecular flexibility index (Phi) is 7.31. The lowest BCUT2D eigenvalue weighted by molar-refractivity contribution is -0.119. The average Bonchev–Trinajstić information content (AvgIpc) is 3.45. The summed E-state index contributed by atoms with van der Waals surface area (Å²) in [5, 5.41) is 1.31. The van der Waals surface area contributed by atoms with Crippen molar-refractivity contribution < 1.29 is 14.0 Å². The number of thioether (sulfide) groups is 1. The topological polar surface area (TPSA) is 106 Å². The third-order valence-electron chi connectivity index (χ3n) is 5.42. The lowest BCUT2D eigenvalue weighted by Crippen LogP contribution is -2.42. The quantitative estimate of drug-likeness (QED) is 0.223. The summed E-state index contributed by atoms with van der Waals surface area (Å²) in [6.45, 7) is 2.70.